The van der Waals surface area contributed by atoms with Crippen molar-refractivity contribution in [1.82, 2.24) is 10.2 Å². The van der Waals surface area contributed by atoms with Crippen molar-refractivity contribution < 1.29 is 4.74 Å². The summed E-state index contributed by atoms with van der Waals surface area (Å²) in [6.45, 7) is 3.78. The molecule has 0 aromatic carbocycles. The molecule has 0 radical (unpaired) electrons. The van der Waals surface area contributed by atoms with Gasteiger partial charge in [0.2, 0.25) is 0 Å². The molecule has 3 nitrogen and oxygen atoms in total. The van der Waals surface area contributed by atoms with Crippen molar-refractivity contribution in [3.8, 4) is 0 Å². The number of methoxy groups -OCH3 is 1. The molecule has 96 valence electrons. The molecular weight excluding hydrogens is 252 g/mol. The molecule has 1 aromatic rings. The Hall–Kier alpha value is -0.650. The lowest BCUT2D eigenvalue weighted by Crippen LogP contribution is -2.38. The molecule has 1 N–H and O–H groups in total. The SMILES string of the molecule is COCCCNC(=S)N(C)C(C)c1cccs1. The maximum absolute atomic E-state index is 5.36. The van der Waals surface area contributed by atoms with E-state index in [0.29, 0.717) is 6.04 Å². The zero-order valence-corrected chi connectivity index (χ0v) is 12.2. The highest BCUT2D eigenvalue weighted by Crippen LogP contribution is 2.23. The number of thiophene rings is 1. The molecular formula is C12H20N2OS2. The zero-order chi connectivity index (χ0) is 12.7. The first-order valence-electron chi connectivity index (χ1n) is 5.69. The highest BCUT2D eigenvalue weighted by Gasteiger charge is 2.14. The van der Waals surface area contributed by atoms with Gasteiger partial charge in [-0.1, -0.05) is 6.07 Å². The third-order valence-electron chi connectivity index (χ3n) is 2.66. The second-order valence-corrected chi connectivity index (χ2v) is 5.25. The Labute approximate surface area is 113 Å². The summed E-state index contributed by atoms with van der Waals surface area (Å²) in [4.78, 5) is 3.42. The Morgan fingerprint density at radius 1 is 1.65 bits per heavy atom. The van der Waals surface area contributed by atoms with Gasteiger partial charge in [0.1, 0.15) is 0 Å². The van der Waals surface area contributed by atoms with Crippen LogP contribution in [0.15, 0.2) is 17.5 Å². The summed E-state index contributed by atoms with van der Waals surface area (Å²) in [7, 11) is 3.74. The topological polar surface area (TPSA) is 24.5 Å². The monoisotopic (exact) mass is 272 g/mol. The summed E-state index contributed by atoms with van der Waals surface area (Å²) >= 11 is 7.11. The van der Waals surface area contributed by atoms with Gasteiger partial charge in [0.25, 0.3) is 0 Å². The van der Waals surface area contributed by atoms with Crippen LogP contribution in [0.4, 0.5) is 0 Å². The van der Waals surface area contributed by atoms with Gasteiger partial charge in [0.15, 0.2) is 5.11 Å². The Balaban J connectivity index is 2.36. The number of nitrogens with zero attached hydrogens (tertiary/aromatic N) is 1. The molecule has 1 heterocycles. The van der Waals surface area contributed by atoms with E-state index in [1.165, 1.54) is 4.88 Å². The molecule has 0 saturated heterocycles. The Morgan fingerprint density at radius 3 is 3.00 bits per heavy atom. The Morgan fingerprint density at radius 2 is 2.41 bits per heavy atom. The smallest absolute Gasteiger partial charge is 0.169 e. The second-order valence-electron chi connectivity index (χ2n) is 3.88. The van der Waals surface area contributed by atoms with Crippen LogP contribution in [0.25, 0.3) is 0 Å². The summed E-state index contributed by atoms with van der Waals surface area (Å²) in [5, 5.41) is 6.13. The molecule has 0 amide bonds. The maximum atomic E-state index is 5.36. The largest absolute Gasteiger partial charge is 0.385 e. The fourth-order valence-electron chi connectivity index (χ4n) is 1.43. The predicted octanol–water partition coefficient (Wildman–Crippen LogP) is 2.65. The van der Waals surface area contributed by atoms with E-state index >= 15 is 0 Å². The fourth-order valence-corrected chi connectivity index (χ4v) is 2.52. The van der Waals surface area contributed by atoms with Crippen LogP contribution < -0.4 is 5.32 Å². The Kier molecular flexibility index (Phi) is 6.47. The van der Waals surface area contributed by atoms with E-state index in [0.717, 1.165) is 24.7 Å². The van der Waals surface area contributed by atoms with Crippen LogP contribution in [0, 0.1) is 0 Å². The van der Waals surface area contributed by atoms with Crippen molar-refractivity contribution in [2.75, 3.05) is 27.3 Å². The first-order valence-corrected chi connectivity index (χ1v) is 6.98. The molecule has 1 rings (SSSR count). The van der Waals surface area contributed by atoms with Crippen LogP contribution in [-0.4, -0.2) is 37.3 Å². The van der Waals surface area contributed by atoms with E-state index in [-0.39, 0.29) is 0 Å². The normalized spacial score (nSPS) is 12.2. The first kappa shape index (κ1) is 14.4. The average Bonchev–Trinajstić information content (AvgIpc) is 2.86. The molecule has 0 aliphatic carbocycles. The van der Waals surface area contributed by atoms with Crippen LogP contribution in [0.2, 0.25) is 0 Å². The lowest BCUT2D eigenvalue weighted by Gasteiger charge is -2.27. The van der Waals surface area contributed by atoms with Gasteiger partial charge in [0.05, 0.1) is 6.04 Å². The van der Waals surface area contributed by atoms with E-state index in [1.807, 2.05) is 7.05 Å². The van der Waals surface area contributed by atoms with Gasteiger partial charge in [-0.05, 0) is 37.0 Å². The third kappa shape index (κ3) is 4.61. The highest BCUT2D eigenvalue weighted by molar-refractivity contribution is 7.80. The van der Waals surface area contributed by atoms with Crippen LogP contribution in [-0.2, 0) is 4.74 Å². The van der Waals surface area contributed by atoms with E-state index in [1.54, 1.807) is 18.4 Å². The van der Waals surface area contributed by atoms with Crippen molar-refractivity contribution in [1.29, 1.82) is 0 Å². The second kappa shape index (κ2) is 7.63. The minimum absolute atomic E-state index is 0.317. The number of nitrogens with one attached hydrogen (secondary N) is 1. The number of hydrogen-bond donors (Lipinski definition) is 1. The van der Waals surface area contributed by atoms with Gasteiger partial charge >= 0.3 is 0 Å². The quantitative estimate of drug-likeness (QED) is 0.635. The minimum atomic E-state index is 0.317. The lowest BCUT2D eigenvalue weighted by molar-refractivity contribution is 0.195. The lowest BCUT2D eigenvalue weighted by atomic mass is 10.2. The summed E-state index contributed by atoms with van der Waals surface area (Å²) in [6.07, 6.45) is 0.970. The van der Waals surface area contributed by atoms with Crippen molar-refractivity contribution in [3.63, 3.8) is 0 Å². The first-order chi connectivity index (χ1) is 8.16. The fraction of sp³-hybridized carbons (Fsp3) is 0.583. The predicted molar refractivity (Wildman–Crippen MR) is 77.6 cm³/mol. The molecule has 1 unspecified atom stereocenters. The molecule has 0 spiro atoms. The summed E-state index contributed by atoms with van der Waals surface area (Å²) < 4.78 is 5.00. The third-order valence-corrected chi connectivity index (χ3v) is 4.13. The summed E-state index contributed by atoms with van der Waals surface area (Å²) in [5.74, 6) is 0. The van der Waals surface area contributed by atoms with Gasteiger partial charge in [0, 0.05) is 32.2 Å². The molecule has 5 heteroatoms. The van der Waals surface area contributed by atoms with Crippen molar-refractivity contribution in [2.45, 2.75) is 19.4 Å². The van der Waals surface area contributed by atoms with E-state index < -0.39 is 0 Å². The molecule has 17 heavy (non-hydrogen) atoms. The molecule has 0 bridgehead atoms. The number of ether oxygens (including phenoxy) is 1. The molecule has 0 saturated carbocycles. The van der Waals surface area contributed by atoms with Crippen LogP contribution in [0.5, 0.6) is 0 Å². The van der Waals surface area contributed by atoms with Crippen molar-refractivity contribution >= 4 is 28.7 Å². The highest BCUT2D eigenvalue weighted by atomic mass is 32.1. The van der Waals surface area contributed by atoms with Crippen LogP contribution in [0.3, 0.4) is 0 Å². The number of hydrogen-bond acceptors (Lipinski definition) is 3. The summed E-state index contributed by atoms with van der Waals surface area (Å²) in [5.41, 5.74) is 0. The molecule has 0 aliphatic heterocycles. The van der Waals surface area contributed by atoms with Gasteiger partial charge < -0.3 is 15.0 Å². The molecule has 1 aromatic heterocycles. The van der Waals surface area contributed by atoms with E-state index in [2.05, 4.69) is 34.7 Å². The van der Waals surface area contributed by atoms with E-state index in [9.17, 15) is 0 Å². The standard InChI is InChI=1S/C12H20N2OS2/c1-10(11-6-4-9-17-11)14(2)12(16)13-7-5-8-15-3/h4,6,9-10H,5,7-8H2,1-3H3,(H,13,16). The molecule has 1 atom stereocenters. The Bertz CT molecular complexity index is 327. The van der Waals surface area contributed by atoms with Gasteiger partial charge in [-0.25, -0.2) is 0 Å². The number of thiocarbonyl (C=S) groups is 1. The molecule has 0 aliphatic rings. The van der Waals surface area contributed by atoms with Crippen LogP contribution in [0.1, 0.15) is 24.3 Å². The maximum Gasteiger partial charge on any atom is 0.169 e. The summed E-state index contributed by atoms with van der Waals surface area (Å²) in [6, 6.07) is 4.52. The number of rotatable bonds is 6. The van der Waals surface area contributed by atoms with Gasteiger partial charge in [-0.3, -0.25) is 0 Å². The average molecular weight is 272 g/mol. The molecule has 0 fully saturated rings. The van der Waals surface area contributed by atoms with E-state index in [4.69, 9.17) is 17.0 Å². The van der Waals surface area contributed by atoms with Gasteiger partial charge in [-0.15, -0.1) is 11.3 Å². The van der Waals surface area contributed by atoms with Crippen LogP contribution >= 0.6 is 23.6 Å². The van der Waals surface area contributed by atoms with Crippen molar-refractivity contribution in [3.05, 3.63) is 22.4 Å². The van der Waals surface area contributed by atoms with Crippen molar-refractivity contribution in [2.24, 2.45) is 0 Å². The van der Waals surface area contributed by atoms with Gasteiger partial charge in [-0.2, -0.15) is 0 Å². The zero-order valence-electron chi connectivity index (χ0n) is 10.6. The minimum Gasteiger partial charge on any atom is -0.385 e.